The first-order valence-electron chi connectivity index (χ1n) is 5.10. The lowest BCUT2D eigenvalue weighted by atomic mass is 10.2. The number of carbonyl (C=O) groups excluding carboxylic acids is 1. The molecular formula is C10H13Cl2N3O2. The van der Waals surface area contributed by atoms with Crippen LogP contribution in [0.25, 0.3) is 0 Å². The summed E-state index contributed by atoms with van der Waals surface area (Å²) in [6.07, 6.45) is 1.91. The van der Waals surface area contributed by atoms with Gasteiger partial charge in [-0.3, -0.25) is 10.1 Å². The summed E-state index contributed by atoms with van der Waals surface area (Å²) >= 11 is 11.3. The van der Waals surface area contributed by atoms with Crippen molar-refractivity contribution in [1.82, 2.24) is 9.97 Å². The minimum atomic E-state index is -0.167. The second-order valence-corrected chi connectivity index (χ2v) is 4.02. The van der Waals surface area contributed by atoms with Gasteiger partial charge in [-0.1, -0.05) is 11.6 Å². The number of unbranched alkanes of at least 4 members (excludes halogenated alkanes) is 1. The highest BCUT2D eigenvalue weighted by atomic mass is 35.5. The first kappa shape index (κ1) is 14.0. The predicted molar refractivity (Wildman–Crippen MR) is 66.8 cm³/mol. The Morgan fingerprint density at radius 1 is 1.47 bits per heavy atom. The molecular weight excluding hydrogens is 265 g/mol. The van der Waals surface area contributed by atoms with Crippen molar-refractivity contribution in [2.75, 3.05) is 18.3 Å². The molecule has 1 N–H and O–H groups in total. The highest BCUT2D eigenvalue weighted by molar-refractivity contribution is 6.29. The Bertz CT molecular complexity index is 388. The topological polar surface area (TPSA) is 64.1 Å². The molecule has 0 aliphatic rings. The summed E-state index contributed by atoms with van der Waals surface area (Å²) in [5, 5.41) is 2.76. The maximum absolute atomic E-state index is 11.5. The zero-order valence-corrected chi connectivity index (χ0v) is 10.9. The van der Waals surface area contributed by atoms with E-state index in [0.717, 1.165) is 12.8 Å². The molecule has 0 aliphatic heterocycles. The quantitative estimate of drug-likeness (QED) is 0.493. The van der Waals surface area contributed by atoms with Crippen molar-refractivity contribution in [2.24, 2.45) is 0 Å². The third-order valence-electron chi connectivity index (χ3n) is 1.92. The van der Waals surface area contributed by atoms with E-state index in [2.05, 4.69) is 15.3 Å². The zero-order chi connectivity index (χ0) is 12.7. The van der Waals surface area contributed by atoms with Crippen LogP contribution in [0.15, 0.2) is 6.07 Å². The summed E-state index contributed by atoms with van der Waals surface area (Å²) in [6, 6.07) is 1.46. The summed E-state index contributed by atoms with van der Waals surface area (Å²) in [4.78, 5) is 19.3. The number of aromatic nitrogens is 2. The van der Waals surface area contributed by atoms with Gasteiger partial charge in [0.1, 0.15) is 5.15 Å². The molecule has 0 saturated heterocycles. The van der Waals surface area contributed by atoms with Gasteiger partial charge in [0.05, 0.1) is 7.11 Å². The van der Waals surface area contributed by atoms with Gasteiger partial charge in [0.2, 0.25) is 17.7 Å². The molecule has 0 fully saturated rings. The highest BCUT2D eigenvalue weighted by Crippen LogP contribution is 2.15. The average molecular weight is 278 g/mol. The number of hydrogen-bond donors (Lipinski definition) is 1. The fraction of sp³-hybridized carbons (Fsp3) is 0.500. The van der Waals surface area contributed by atoms with E-state index in [1.807, 2.05) is 0 Å². The van der Waals surface area contributed by atoms with Crippen LogP contribution in [0.5, 0.6) is 5.88 Å². The molecule has 0 unspecified atom stereocenters. The fourth-order valence-electron chi connectivity index (χ4n) is 1.12. The first-order valence-corrected chi connectivity index (χ1v) is 6.01. The lowest BCUT2D eigenvalue weighted by Gasteiger charge is -2.05. The minimum absolute atomic E-state index is 0.144. The minimum Gasteiger partial charge on any atom is -0.481 e. The lowest BCUT2D eigenvalue weighted by molar-refractivity contribution is -0.116. The summed E-state index contributed by atoms with van der Waals surface area (Å²) in [5.74, 6) is 0.833. The Morgan fingerprint density at radius 2 is 2.24 bits per heavy atom. The largest absolute Gasteiger partial charge is 0.481 e. The Balaban J connectivity index is 2.55. The van der Waals surface area contributed by atoms with E-state index in [1.165, 1.54) is 13.2 Å². The molecule has 0 bridgehead atoms. The standard InChI is InChI=1S/C10H13Cl2N3O2/c1-17-9-6-7(12)13-10(15-9)14-8(16)4-2-3-5-11/h6H,2-5H2,1H3,(H,13,14,15,16). The number of nitrogens with one attached hydrogen (secondary N) is 1. The predicted octanol–water partition coefficient (Wildman–Crippen LogP) is 2.49. The molecule has 1 heterocycles. The Hall–Kier alpha value is -1.07. The van der Waals surface area contributed by atoms with Crippen LogP contribution in [0.2, 0.25) is 5.15 Å². The van der Waals surface area contributed by atoms with E-state index in [0.29, 0.717) is 18.2 Å². The summed E-state index contributed by atoms with van der Waals surface area (Å²) < 4.78 is 4.91. The van der Waals surface area contributed by atoms with E-state index in [-0.39, 0.29) is 17.0 Å². The second kappa shape index (κ2) is 7.29. The number of alkyl halides is 1. The van der Waals surface area contributed by atoms with Gasteiger partial charge in [-0.2, -0.15) is 4.98 Å². The van der Waals surface area contributed by atoms with Crippen LogP contribution in [0, 0.1) is 0 Å². The number of nitrogens with zero attached hydrogens (tertiary/aromatic N) is 2. The summed E-state index contributed by atoms with van der Waals surface area (Å²) in [6.45, 7) is 0. The van der Waals surface area contributed by atoms with Gasteiger partial charge in [0.25, 0.3) is 0 Å². The van der Waals surface area contributed by atoms with Crippen LogP contribution in [-0.2, 0) is 4.79 Å². The zero-order valence-electron chi connectivity index (χ0n) is 9.37. The SMILES string of the molecule is COc1cc(Cl)nc(NC(=O)CCCCCl)n1. The third-order valence-corrected chi connectivity index (χ3v) is 2.38. The molecule has 1 amide bonds. The van der Waals surface area contributed by atoms with Crippen molar-refractivity contribution in [1.29, 1.82) is 0 Å². The number of amides is 1. The van der Waals surface area contributed by atoms with Crippen molar-refractivity contribution in [3.63, 3.8) is 0 Å². The monoisotopic (exact) mass is 277 g/mol. The maximum Gasteiger partial charge on any atom is 0.234 e. The van der Waals surface area contributed by atoms with Gasteiger partial charge in [0.15, 0.2) is 0 Å². The van der Waals surface area contributed by atoms with Crippen LogP contribution in [0.1, 0.15) is 19.3 Å². The molecule has 1 aromatic rings. The lowest BCUT2D eigenvalue weighted by Crippen LogP contribution is -2.14. The molecule has 7 heteroatoms. The Morgan fingerprint density at radius 3 is 2.88 bits per heavy atom. The fourth-order valence-corrected chi connectivity index (χ4v) is 1.49. The molecule has 0 radical (unpaired) electrons. The second-order valence-electron chi connectivity index (χ2n) is 3.25. The number of methoxy groups -OCH3 is 1. The van der Waals surface area contributed by atoms with Gasteiger partial charge in [-0.15, -0.1) is 11.6 Å². The van der Waals surface area contributed by atoms with E-state index >= 15 is 0 Å². The van der Waals surface area contributed by atoms with E-state index in [9.17, 15) is 4.79 Å². The van der Waals surface area contributed by atoms with Crippen LogP contribution < -0.4 is 10.1 Å². The van der Waals surface area contributed by atoms with Crippen molar-refractivity contribution in [3.8, 4) is 5.88 Å². The van der Waals surface area contributed by atoms with E-state index < -0.39 is 0 Å². The molecule has 0 spiro atoms. The molecule has 0 atom stereocenters. The number of anilines is 1. The highest BCUT2D eigenvalue weighted by Gasteiger charge is 2.07. The molecule has 1 rings (SSSR count). The number of hydrogen-bond acceptors (Lipinski definition) is 4. The molecule has 94 valence electrons. The molecule has 17 heavy (non-hydrogen) atoms. The van der Waals surface area contributed by atoms with E-state index in [4.69, 9.17) is 27.9 Å². The molecule has 0 aliphatic carbocycles. The number of rotatable bonds is 6. The smallest absolute Gasteiger partial charge is 0.234 e. The van der Waals surface area contributed by atoms with Crippen molar-refractivity contribution in [3.05, 3.63) is 11.2 Å². The third kappa shape index (κ3) is 5.19. The summed E-state index contributed by atoms with van der Waals surface area (Å²) in [7, 11) is 1.46. The number of carbonyl (C=O) groups is 1. The average Bonchev–Trinajstić information content (AvgIpc) is 2.28. The van der Waals surface area contributed by atoms with Crippen LogP contribution >= 0.6 is 23.2 Å². The van der Waals surface area contributed by atoms with Crippen LogP contribution in [0.4, 0.5) is 5.95 Å². The van der Waals surface area contributed by atoms with Gasteiger partial charge in [-0.25, -0.2) is 4.98 Å². The number of ether oxygens (including phenoxy) is 1. The van der Waals surface area contributed by atoms with Crippen molar-refractivity contribution in [2.45, 2.75) is 19.3 Å². The van der Waals surface area contributed by atoms with Crippen LogP contribution in [-0.4, -0.2) is 28.9 Å². The van der Waals surface area contributed by atoms with Gasteiger partial charge >= 0.3 is 0 Å². The molecule has 0 saturated carbocycles. The molecule has 1 aromatic heterocycles. The molecule has 5 nitrogen and oxygen atoms in total. The van der Waals surface area contributed by atoms with Crippen molar-refractivity contribution < 1.29 is 9.53 Å². The first-order chi connectivity index (χ1) is 8.15. The summed E-state index contributed by atoms with van der Waals surface area (Å²) in [5.41, 5.74) is 0. The Kier molecular flexibility index (Phi) is 6.00. The van der Waals surface area contributed by atoms with Crippen LogP contribution in [0.3, 0.4) is 0 Å². The molecule has 0 aromatic carbocycles. The Labute approximate surface area is 109 Å². The van der Waals surface area contributed by atoms with E-state index in [1.54, 1.807) is 0 Å². The van der Waals surface area contributed by atoms with Gasteiger partial charge < -0.3 is 4.74 Å². The maximum atomic E-state index is 11.5. The van der Waals surface area contributed by atoms with Gasteiger partial charge in [-0.05, 0) is 12.8 Å². The number of halogens is 2. The van der Waals surface area contributed by atoms with Crippen molar-refractivity contribution >= 4 is 35.1 Å². The van der Waals surface area contributed by atoms with Gasteiger partial charge in [0, 0.05) is 18.4 Å². The normalized spacial score (nSPS) is 10.1.